The van der Waals surface area contributed by atoms with E-state index in [1.807, 2.05) is 92.7 Å². The number of amides is 4. The first-order valence-corrected chi connectivity index (χ1v) is 15.9. The number of carbonyl (C=O) groups excluding carboxylic acids is 2. The predicted octanol–water partition coefficient (Wildman–Crippen LogP) is 8.52. The minimum atomic E-state index is -0.445. The highest BCUT2D eigenvalue weighted by Gasteiger charge is 2.13. The summed E-state index contributed by atoms with van der Waals surface area (Å²) < 4.78 is 17.4. The smallest absolute Gasteiger partial charge is 0.299 e. The number of nitrogens with zero attached hydrogens (tertiary/aromatic N) is 4. The van der Waals surface area contributed by atoms with Gasteiger partial charge in [-0.3, -0.25) is 21.3 Å². The molecule has 44 heavy (non-hydrogen) atoms. The molecule has 6 rings (SSSR count). The molecule has 4 N–H and O–H groups in total. The number of thiophene rings is 2. The average Bonchev–Trinajstić information content (AvgIpc) is 3.78. The summed E-state index contributed by atoms with van der Waals surface area (Å²) >= 11 is 4.62. The number of halogens is 2. The molecule has 4 heterocycles. The van der Waals surface area contributed by atoms with Gasteiger partial charge in [0.15, 0.2) is 5.13 Å². The highest BCUT2D eigenvalue weighted by Crippen LogP contribution is 2.24. The molecule has 224 valence electrons. The van der Waals surface area contributed by atoms with Crippen molar-refractivity contribution in [2.24, 2.45) is 0 Å². The first-order valence-electron chi connectivity index (χ1n) is 13.1. The molecule has 0 fully saturated rings. The molecular formula is C30H26FIN8O2S2. The zero-order chi connectivity index (χ0) is 31.1. The number of para-hydroxylation sites is 2. The Bertz CT molecular complexity index is 1730. The Morgan fingerprint density at radius 2 is 1.11 bits per heavy atom. The molecule has 0 atom stereocenters. The van der Waals surface area contributed by atoms with Crippen LogP contribution in [0.4, 0.5) is 35.6 Å². The number of anilines is 4. The van der Waals surface area contributed by atoms with E-state index in [-0.39, 0.29) is 11.2 Å². The largest absolute Gasteiger partial charge is 0.325 e. The number of aryl methyl sites for hydroxylation is 2. The van der Waals surface area contributed by atoms with Crippen LogP contribution in [-0.2, 0) is 0 Å². The lowest BCUT2D eigenvalue weighted by Crippen LogP contribution is -2.20. The fourth-order valence-electron chi connectivity index (χ4n) is 3.99. The van der Waals surface area contributed by atoms with Crippen LogP contribution in [0.2, 0.25) is 0 Å². The van der Waals surface area contributed by atoms with Crippen molar-refractivity contribution in [1.82, 2.24) is 19.6 Å². The zero-order valence-electron chi connectivity index (χ0n) is 23.4. The second kappa shape index (κ2) is 14.3. The van der Waals surface area contributed by atoms with Crippen molar-refractivity contribution in [2.75, 3.05) is 21.3 Å². The molecular weight excluding hydrogens is 714 g/mol. The van der Waals surface area contributed by atoms with Crippen molar-refractivity contribution < 1.29 is 14.0 Å². The predicted molar refractivity (Wildman–Crippen MR) is 183 cm³/mol. The van der Waals surface area contributed by atoms with Gasteiger partial charge in [-0.05, 0) is 85.0 Å². The van der Waals surface area contributed by atoms with Crippen molar-refractivity contribution >= 4 is 79.0 Å². The van der Waals surface area contributed by atoms with Gasteiger partial charge in [0.05, 0.1) is 35.6 Å². The van der Waals surface area contributed by atoms with Gasteiger partial charge in [0.2, 0.25) is 0 Å². The quantitative estimate of drug-likeness (QED) is 0.128. The lowest BCUT2D eigenvalue weighted by Gasteiger charge is -2.09. The molecule has 0 saturated heterocycles. The lowest BCUT2D eigenvalue weighted by molar-refractivity contribution is 0.261. The monoisotopic (exact) mass is 740 g/mol. The van der Waals surface area contributed by atoms with Crippen LogP contribution in [0.15, 0.2) is 97.1 Å². The van der Waals surface area contributed by atoms with Crippen LogP contribution in [0.3, 0.4) is 0 Å². The molecule has 6 aromatic rings. The summed E-state index contributed by atoms with van der Waals surface area (Å²) in [6, 6.07) is 28.7. The summed E-state index contributed by atoms with van der Waals surface area (Å²) in [6.45, 7) is 3.74. The molecule has 0 saturated carbocycles. The summed E-state index contributed by atoms with van der Waals surface area (Å²) in [7, 11) is 0. The van der Waals surface area contributed by atoms with Gasteiger partial charge in [0, 0.05) is 12.1 Å². The molecule has 4 amide bonds. The Morgan fingerprint density at radius 3 is 1.52 bits per heavy atom. The minimum Gasteiger partial charge on any atom is -0.299 e. The van der Waals surface area contributed by atoms with E-state index in [0.29, 0.717) is 16.6 Å². The number of hydrogen-bond acceptors (Lipinski definition) is 6. The van der Waals surface area contributed by atoms with Crippen LogP contribution in [0, 0.1) is 21.9 Å². The van der Waals surface area contributed by atoms with Gasteiger partial charge in [0.1, 0.15) is 11.6 Å². The van der Waals surface area contributed by atoms with Gasteiger partial charge in [0.25, 0.3) is 0 Å². The Kier molecular flexibility index (Phi) is 10.0. The maximum Gasteiger partial charge on any atom is 0.325 e. The second-order valence-electron chi connectivity index (χ2n) is 9.20. The van der Waals surface area contributed by atoms with Crippen LogP contribution in [0.1, 0.15) is 11.4 Å². The summed E-state index contributed by atoms with van der Waals surface area (Å²) in [5.74, 6) is 1.17. The maximum atomic E-state index is 12.9. The van der Waals surface area contributed by atoms with Gasteiger partial charge in [-0.25, -0.2) is 19.0 Å². The van der Waals surface area contributed by atoms with Crippen molar-refractivity contribution in [2.45, 2.75) is 13.8 Å². The van der Waals surface area contributed by atoms with E-state index >= 15 is 0 Å². The first-order chi connectivity index (χ1) is 21.2. The third kappa shape index (κ3) is 8.30. The third-order valence-corrected chi connectivity index (χ3v) is 8.37. The van der Waals surface area contributed by atoms with Crippen LogP contribution < -0.4 is 21.3 Å². The SMILES string of the molecule is Cc1cc(NC(=O)Nc2ccc(F)s2)n(-c2ccccc2)n1.Cc1cc(NC(=O)Nc2ccc(I)s2)n(-c2ccccc2)n1. The normalized spacial score (nSPS) is 10.5. The second-order valence-corrected chi connectivity index (χ2v) is 13.2. The molecule has 0 aliphatic rings. The third-order valence-electron chi connectivity index (χ3n) is 5.77. The van der Waals surface area contributed by atoms with E-state index in [4.69, 9.17) is 0 Å². The van der Waals surface area contributed by atoms with E-state index in [2.05, 4.69) is 54.1 Å². The van der Waals surface area contributed by atoms with E-state index in [0.717, 1.165) is 42.0 Å². The van der Waals surface area contributed by atoms with Crippen LogP contribution >= 0.6 is 45.3 Å². The van der Waals surface area contributed by atoms with Crippen LogP contribution in [0.5, 0.6) is 0 Å². The van der Waals surface area contributed by atoms with Gasteiger partial charge in [-0.1, -0.05) is 47.7 Å². The number of aromatic nitrogens is 4. The van der Waals surface area contributed by atoms with E-state index in [1.54, 1.807) is 15.4 Å². The number of nitrogens with one attached hydrogen (secondary N) is 4. The standard InChI is InChI=1S/C15H13FN4OS.C15H13IN4OS/c2*1-10-9-13(20(19-10)11-5-3-2-4-6-11)17-15(21)18-14-8-7-12(16)22-14/h2*2-9H,1H3,(H2,17,18,21). The number of rotatable bonds is 6. The molecule has 2 aromatic carbocycles. The summed E-state index contributed by atoms with van der Waals surface area (Å²) in [6.07, 6.45) is 0. The molecule has 0 spiro atoms. The van der Waals surface area contributed by atoms with Gasteiger partial charge in [-0.2, -0.15) is 14.6 Å². The highest BCUT2D eigenvalue weighted by molar-refractivity contribution is 14.1. The molecule has 0 aliphatic carbocycles. The summed E-state index contributed by atoms with van der Waals surface area (Å²) in [5, 5.41) is 20.7. The molecule has 0 aliphatic heterocycles. The number of carbonyl (C=O) groups is 2. The topological polar surface area (TPSA) is 118 Å². The van der Waals surface area contributed by atoms with E-state index in [1.165, 1.54) is 23.5 Å². The van der Waals surface area contributed by atoms with E-state index < -0.39 is 6.03 Å². The van der Waals surface area contributed by atoms with Crippen LogP contribution in [-0.4, -0.2) is 31.6 Å². The van der Waals surface area contributed by atoms with Gasteiger partial charge >= 0.3 is 12.1 Å². The Balaban J connectivity index is 0.000000175. The van der Waals surface area contributed by atoms with Crippen molar-refractivity contribution in [3.05, 3.63) is 116 Å². The summed E-state index contributed by atoms with van der Waals surface area (Å²) in [4.78, 5) is 24.1. The minimum absolute atomic E-state index is 0.282. The number of hydrogen-bond donors (Lipinski definition) is 4. The van der Waals surface area contributed by atoms with E-state index in [9.17, 15) is 14.0 Å². The van der Waals surface area contributed by atoms with Gasteiger partial charge in [-0.15, -0.1) is 11.3 Å². The van der Waals surface area contributed by atoms with Crippen molar-refractivity contribution in [3.63, 3.8) is 0 Å². The van der Waals surface area contributed by atoms with Gasteiger partial charge < -0.3 is 0 Å². The first kappa shape index (κ1) is 30.9. The average molecular weight is 741 g/mol. The van der Waals surface area contributed by atoms with Crippen molar-refractivity contribution in [3.8, 4) is 11.4 Å². The molecule has 0 unspecified atom stereocenters. The fourth-order valence-corrected chi connectivity index (χ4v) is 6.13. The molecule has 0 radical (unpaired) electrons. The Morgan fingerprint density at radius 1 is 0.659 bits per heavy atom. The maximum absolute atomic E-state index is 12.9. The number of benzene rings is 2. The molecule has 10 nitrogen and oxygen atoms in total. The zero-order valence-corrected chi connectivity index (χ0v) is 27.2. The highest BCUT2D eigenvalue weighted by atomic mass is 127. The lowest BCUT2D eigenvalue weighted by atomic mass is 10.3. The molecule has 4 aromatic heterocycles. The Hall–Kier alpha value is -4.54. The fraction of sp³-hybridized carbons (Fsp3) is 0.0667. The van der Waals surface area contributed by atoms with Crippen molar-refractivity contribution in [1.29, 1.82) is 0 Å². The number of urea groups is 2. The summed E-state index contributed by atoms with van der Waals surface area (Å²) in [5.41, 5.74) is 3.36. The molecule has 14 heteroatoms. The Labute approximate surface area is 274 Å². The van der Waals surface area contributed by atoms with Crippen LogP contribution in [0.25, 0.3) is 11.4 Å². The molecule has 0 bridgehead atoms.